The highest BCUT2D eigenvalue weighted by Crippen LogP contribution is 2.28. The van der Waals surface area contributed by atoms with E-state index < -0.39 is 0 Å². The molecule has 2 N–H and O–H groups in total. The molecule has 7 nitrogen and oxygen atoms in total. The molecule has 0 aliphatic carbocycles. The number of nitrogen functional groups attached to an aromatic ring is 1. The fraction of sp³-hybridized carbons (Fsp3) is 0.250. The molecule has 27 heavy (non-hydrogen) atoms. The van der Waals surface area contributed by atoms with Crippen molar-refractivity contribution in [1.82, 2.24) is 19.7 Å². The molecule has 0 atom stereocenters. The molecule has 1 saturated heterocycles. The second kappa shape index (κ2) is 7.11. The van der Waals surface area contributed by atoms with E-state index in [2.05, 4.69) is 15.1 Å². The summed E-state index contributed by atoms with van der Waals surface area (Å²) in [7, 11) is 0. The van der Waals surface area contributed by atoms with Gasteiger partial charge in [-0.2, -0.15) is 0 Å². The first-order chi connectivity index (χ1) is 13.1. The topological polar surface area (TPSA) is 80.3 Å². The zero-order chi connectivity index (χ0) is 18.8. The summed E-state index contributed by atoms with van der Waals surface area (Å²) in [6.45, 7) is 4.86. The minimum atomic E-state index is 0.101. The van der Waals surface area contributed by atoms with Crippen molar-refractivity contribution in [3.05, 3.63) is 66.2 Å². The van der Waals surface area contributed by atoms with Gasteiger partial charge in [-0.15, -0.1) is 10.2 Å². The first-order valence-corrected chi connectivity index (χ1v) is 8.98. The van der Waals surface area contributed by atoms with Crippen molar-refractivity contribution in [1.29, 1.82) is 0 Å². The van der Waals surface area contributed by atoms with Gasteiger partial charge in [0, 0.05) is 37.4 Å². The van der Waals surface area contributed by atoms with Crippen LogP contribution in [-0.4, -0.2) is 51.8 Å². The van der Waals surface area contributed by atoms with E-state index in [9.17, 15) is 4.79 Å². The normalized spacial score (nSPS) is 14.4. The lowest BCUT2D eigenvalue weighted by atomic mass is 10.1. The van der Waals surface area contributed by atoms with Crippen LogP contribution in [0.5, 0.6) is 0 Å². The summed E-state index contributed by atoms with van der Waals surface area (Å²) in [6, 6.07) is 13.6. The number of rotatable bonds is 3. The van der Waals surface area contributed by atoms with Gasteiger partial charge in [-0.3, -0.25) is 9.36 Å². The number of piperazine rings is 1. The molecule has 1 aliphatic heterocycles. The highest BCUT2D eigenvalue weighted by Gasteiger charge is 2.24. The van der Waals surface area contributed by atoms with E-state index in [0.717, 1.165) is 35.6 Å². The lowest BCUT2D eigenvalue weighted by Gasteiger charge is -2.37. The van der Waals surface area contributed by atoms with Crippen LogP contribution in [0, 0.1) is 6.92 Å². The molecule has 2 heterocycles. The lowest BCUT2D eigenvalue weighted by Crippen LogP contribution is -2.49. The van der Waals surface area contributed by atoms with Crippen molar-refractivity contribution >= 4 is 17.3 Å². The lowest BCUT2D eigenvalue weighted by molar-refractivity contribution is 0.0746. The number of carbonyl (C=O) groups excluding carboxylic acids is 1. The minimum Gasteiger partial charge on any atom is -0.399 e. The Morgan fingerprint density at radius 2 is 1.67 bits per heavy atom. The maximum absolute atomic E-state index is 12.8. The van der Waals surface area contributed by atoms with Gasteiger partial charge < -0.3 is 15.5 Å². The maximum atomic E-state index is 12.8. The maximum Gasteiger partial charge on any atom is 0.254 e. The van der Waals surface area contributed by atoms with Crippen LogP contribution in [0.15, 0.2) is 55.1 Å². The molecule has 0 spiro atoms. The number of carbonyl (C=O) groups is 1. The molecule has 0 bridgehead atoms. The van der Waals surface area contributed by atoms with Gasteiger partial charge in [0.05, 0.1) is 11.4 Å². The highest BCUT2D eigenvalue weighted by molar-refractivity contribution is 5.95. The third kappa shape index (κ3) is 3.36. The van der Waals surface area contributed by atoms with E-state index in [1.165, 1.54) is 0 Å². The van der Waals surface area contributed by atoms with E-state index in [-0.39, 0.29) is 5.91 Å². The van der Waals surface area contributed by atoms with Crippen LogP contribution in [0.3, 0.4) is 0 Å². The van der Waals surface area contributed by atoms with Crippen molar-refractivity contribution in [3.63, 3.8) is 0 Å². The van der Waals surface area contributed by atoms with Gasteiger partial charge in [0.15, 0.2) is 0 Å². The van der Waals surface area contributed by atoms with Crippen molar-refractivity contribution in [3.8, 4) is 5.69 Å². The number of nitrogens with zero attached hydrogens (tertiary/aromatic N) is 5. The average Bonchev–Trinajstić information content (AvgIpc) is 3.23. The summed E-state index contributed by atoms with van der Waals surface area (Å²) in [5, 5.41) is 7.78. The molecule has 0 saturated carbocycles. The number of benzene rings is 2. The molecule has 0 unspecified atom stereocenters. The fourth-order valence-corrected chi connectivity index (χ4v) is 3.47. The summed E-state index contributed by atoms with van der Waals surface area (Å²) in [6.07, 6.45) is 3.33. The number of hydrogen-bond acceptors (Lipinski definition) is 5. The van der Waals surface area contributed by atoms with Gasteiger partial charge in [0.2, 0.25) is 0 Å². The average molecular weight is 362 g/mol. The largest absolute Gasteiger partial charge is 0.399 e. The van der Waals surface area contributed by atoms with Crippen molar-refractivity contribution in [2.75, 3.05) is 36.8 Å². The van der Waals surface area contributed by atoms with E-state index in [1.807, 2.05) is 58.9 Å². The number of aromatic nitrogens is 3. The van der Waals surface area contributed by atoms with Gasteiger partial charge in [-0.25, -0.2) is 0 Å². The molecule has 1 amide bonds. The Morgan fingerprint density at radius 1 is 0.963 bits per heavy atom. The fourth-order valence-electron chi connectivity index (χ4n) is 3.47. The van der Waals surface area contributed by atoms with Gasteiger partial charge >= 0.3 is 0 Å². The van der Waals surface area contributed by atoms with Crippen molar-refractivity contribution in [2.24, 2.45) is 0 Å². The van der Waals surface area contributed by atoms with Gasteiger partial charge in [-0.1, -0.05) is 18.2 Å². The molecule has 1 aromatic heterocycles. The molecule has 1 aliphatic rings. The van der Waals surface area contributed by atoms with Crippen LogP contribution in [0.25, 0.3) is 5.69 Å². The van der Waals surface area contributed by atoms with E-state index in [1.54, 1.807) is 12.7 Å². The molecule has 7 heteroatoms. The van der Waals surface area contributed by atoms with E-state index >= 15 is 0 Å². The Kier molecular flexibility index (Phi) is 4.50. The van der Waals surface area contributed by atoms with Crippen LogP contribution in [0.4, 0.5) is 11.4 Å². The summed E-state index contributed by atoms with van der Waals surface area (Å²) >= 11 is 0. The van der Waals surface area contributed by atoms with E-state index in [4.69, 9.17) is 5.73 Å². The minimum absolute atomic E-state index is 0.101. The molecule has 1 fully saturated rings. The summed E-state index contributed by atoms with van der Waals surface area (Å²) < 4.78 is 1.86. The molecule has 3 aromatic rings. The Labute approximate surface area is 158 Å². The molecule has 4 rings (SSSR count). The third-order valence-electron chi connectivity index (χ3n) is 4.98. The number of amides is 1. The first kappa shape index (κ1) is 17.1. The quantitative estimate of drug-likeness (QED) is 0.722. The Balaban J connectivity index is 1.52. The number of nitrogens with two attached hydrogens (primary N) is 1. The van der Waals surface area contributed by atoms with Crippen LogP contribution in [0.1, 0.15) is 15.9 Å². The van der Waals surface area contributed by atoms with Crippen LogP contribution < -0.4 is 10.6 Å². The summed E-state index contributed by atoms with van der Waals surface area (Å²) in [5.74, 6) is 0.101. The number of aryl methyl sites for hydroxylation is 1. The standard InChI is InChI=1S/C20H22N6O/c1-15-4-2-3-5-17(15)20(27)25-10-8-24(9-11-25)18-7-6-16(21)12-19(18)26-13-22-23-14-26/h2-7,12-14H,8-11,21H2,1H3. The SMILES string of the molecule is Cc1ccccc1C(=O)N1CCN(c2ccc(N)cc2-n2cnnc2)CC1. The third-order valence-corrected chi connectivity index (χ3v) is 4.98. The monoisotopic (exact) mass is 362 g/mol. The molecule has 0 radical (unpaired) electrons. The molecular formula is C20H22N6O. The molecule has 138 valence electrons. The zero-order valence-electron chi connectivity index (χ0n) is 15.2. The Morgan fingerprint density at radius 3 is 2.37 bits per heavy atom. The summed E-state index contributed by atoms with van der Waals surface area (Å²) in [4.78, 5) is 17.0. The van der Waals surface area contributed by atoms with Crippen molar-refractivity contribution < 1.29 is 4.79 Å². The van der Waals surface area contributed by atoms with Crippen LogP contribution >= 0.6 is 0 Å². The second-order valence-electron chi connectivity index (χ2n) is 6.71. The van der Waals surface area contributed by atoms with Gasteiger partial charge in [-0.05, 0) is 36.8 Å². The summed E-state index contributed by atoms with van der Waals surface area (Å²) in [5.41, 5.74) is 10.5. The predicted octanol–water partition coefficient (Wildman–Crippen LogP) is 2.12. The van der Waals surface area contributed by atoms with Gasteiger partial charge in [0.25, 0.3) is 5.91 Å². The number of anilines is 2. The number of hydrogen-bond donors (Lipinski definition) is 1. The highest BCUT2D eigenvalue weighted by atomic mass is 16.2. The van der Waals surface area contributed by atoms with E-state index in [0.29, 0.717) is 18.8 Å². The van der Waals surface area contributed by atoms with Crippen LogP contribution in [-0.2, 0) is 0 Å². The van der Waals surface area contributed by atoms with Crippen molar-refractivity contribution in [2.45, 2.75) is 6.92 Å². The van der Waals surface area contributed by atoms with Crippen LogP contribution in [0.2, 0.25) is 0 Å². The Bertz CT molecular complexity index is 945. The second-order valence-corrected chi connectivity index (χ2v) is 6.71. The first-order valence-electron chi connectivity index (χ1n) is 8.98. The molecular weight excluding hydrogens is 340 g/mol. The Hall–Kier alpha value is -3.35. The van der Waals surface area contributed by atoms with Gasteiger partial charge in [0.1, 0.15) is 12.7 Å². The smallest absolute Gasteiger partial charge is 0.254 e. The predicted molar refractivity (Wildman–Crippen MR) is 105 cm³/mol. The molecule has 2 aromatic carbocycles. The zero-order valence-corrected chi connectivity index (χ0v) is 15.2.